The number of nitrogens with one attached hydrogen (secondary N) is 1. The van der Waals surface area contributed by atoms with Crippen LogP contribution in [0.1, 0.15) is 36.6 Å². The zero-order valence-electron chi connectivity index (χ0n) is 13.7. The van der Waals surface area contributed by atoms with Gasteiger partial charge in [0.25, 0.3) is 5.56 Å². The molecule has 2 aromatic heterocycles. The Labute approximate surface area is 146 Å². The van der Waals surface area contributed by atoms with Gasteiger partial charge in [-0.3, -0.25) is 9.89 Å². The van der Waals surface area contributed by atoms with E-state index in [9.17, 15) is 18.0 Å². The molecule has 4 nitrogen and oxygen atoms in total. The molecule has 0 amide bonds. The van der Waals surface area contributed by atoms with Gasteiger partial charge in [-0.1, -0.05) is 31.5 Å². The van der Waals surface area contributed by atoms with Crippen LogP contribution in [0, 0.1) is 6.92 Å². The molecule has 132 valence electrons. The lowest BCUT2D eigenvalue weighted by atomic mass is 10.0. The first-order valence-electron chi connectivity index (χ1n) is 7.59. The maximum Gasteiger partial charge on any atom is 0.416 e. The molecule has 1 N–H and O–H groups in total. The second kappa shape index (κ2) is 5.91. The van der Waals surface area contributed by atoms with Gasteiger partial charge in [0.2, 0.25) is 0 Å². The fraction of sp³-hybridized carbons (Fsp3) is 0.294. The number of alkyl halides is 3. The van der Waals surface area contributed by atoms with Crippen LogP contribution in [0.4, 0.5) is 13.2 Å². The third kappa shape index (κ3) is 3.04. The van der Waals surface area contributed by atoms with Crippen LogP contribution < -0.4 is 5.56 Å². The Bertz CT molecular complexity index is 1020. The number of H-pyrrole nitrogens is 1. The van der Waals surface area contributed by atoms with Gasteiger partial charge >= 0.3 is 6.18 Å². The van der Waals surface area contributed by atoms with E-state index in [4.69, 9.17) is 11.6 Å². The van der Waals surface area contributed by atoms with Crippen molar-refractivity contribution in [3.8, 4) is 11.3 Å². The Hall–Kier alpha value is -2.28. The minimum Gasteiger partial charge on any atom is -0.289 e. The maximum absolute atomic E-state index is 12.8. The third-order valence-corrected chi connectivity index (χ3v) is 4.32. The summed E-state index contributed by atoms with van der Waals surface area (Å²) < 4.78 is 39.6. The molecule has 0 spiro atoms. The first-order chi connectivity index (χ1) is 11.6. The maximum atomic E-state index is 12.8. The van der Waals surface area contributed by atoms with Crippen LogP contribution in [0.2, 0.25) is 5.02 Å². The lowest BCUT2D eigenvalue weighted by Gasteiger charge is -2.09. The molecule has 3 aromatic rings. The second-order valence-corrected chi connectivity index (χ2v) is 6.53. The van der Waals surface area contributed by atoms with E-state index < -0.39 is 11.7 Å². The Morgan fingerprint density at radius 2 is 1.92 bits per heavy atom. The normalized spacial score (nSPS) is 12.3. The van der Waals surface area contributed by atoms with Crippen molar-refractivity contribution >= 4 is 17.2 Å². The summed E-state index contributed by atoms with van der Waals surface area (Å²) in [5.74, 6) is -0.00157. The molecule has 0 aliphatic rings. The Morgan fingerprint density at radius 1 is 1.24 bits per heavy atom. The molecular weight excluding hydrogens is 355 g/mol. The number of hydrogen-bond acceptors (Lipinski definition) is 2. The highest BCUT2D eigenvalue weighted by Crippen LogP contribution is 2.35. The van der Waals surface area contributed by atoms with E-state index >= 15 is 0 Å². The molecule has 0 aliphatic carbocycles. The Kier molecular flexibility index (Phi) is 4.15. The largest absolute Gasteiger partial charge is 0.416 e. The molecule has 0 atom stereocenters. The highest BCUT2D eigenvalue weighted by molar-refractivity contribution is 6.33. The number of aromatic nitrogens is 3. The first kappa shape index (κ1) is 17.5. The molecule has 25 heavy (non-hydrogen) atoms. The third-order valence-electron chi connectivity index (χ3n) is 4.00. The highest BCUT2D eigenvalue weighted by Gasteiger charge is 2.31. The molecule has 3 rings (SSSR count). The molecule has 1 aromatic carbocycles. The van der Waals surface area contributed by atoms with Crippen LogP contribution in [-0.2, 0) is 6.18 Å². The van der Waals surface area contributed by atoms with Crippen molar-refractivity contribution in [2.24, 2.45) is 0 Å². The topological polar surface area (TPSA) is 50.2 Å². The molecule has 8 heteroatoms. The quantitative estimate of drug-likeness (QED) is 0.705. The van der Waals surface area contributed by atoms with E-state index in [-0.39, 0.29) is 16.5 Å². The molecule has 0 aliphatic heterocycles. The summed E-state index contributed by atoms with van der Waals surface area (Å²) in [5, 5.41) is 2.82. The standard InChI is InChI=1S/C17H15ClF3N3O/c1-8(2)15-9(3)22-14-7-13(23-24(14)16(15)25)11-5-4-10(6-12(11)18)17(19,20)21/h4-8,23H,1-3H3. The van der Waals surface area contributed by atoms with Crippen molar-refractivity contribution < 1.29 is 13.2 Å². The number of nitrogens with zero attached hydrogens (tertiary/aromatic N) is 2. The SMILES string of the molecule is Cc1nc2cc(-c3ccc(C(F)(F)F)cc3Cl)[nH]n2c(=O)c1C(C)C. The highest BCUT2D eigenvalue weighted by atomic mass is 35.5. The van der Waals surface area contributed by atoms with Crippen LogP contribution in [0.25, 0.3) is 16.9 Å². The number of halogens is 4. The van der Waals surface area contributed by atoms with E-state index in [0.29, 0.717) is 28.2 Å². The Morgan fingerprint density at radius 3 is 2.48 bits per heavy atom. The van der Waals surface area contributed by atoms with Crippen LogP contribution in [0.15, 0.2) is 29.1 Å². The zero-order chi connectivity index (χ0) is 18.5. The van der Waals surface area contributed by atoms with Crippen molar-refractivity contribution in [3.05, 3.63) is 56.5 Å². The minimum absolute atomic E-state index is 0.00157. The molecule has 0 bridgehead atoms. The van der Waals surface area contributed by atoms with Crippen molar-refractivity contribution in [1.29, 1.82) is 0 Å². The van der Waals surface area contributed by atoms with Gasteiger partial charge in [0, 0.05) is 22.9 Å². The summed E-state index contributed by atoms with van der Waals surface area (Å²) in [4.78, 5) is 17.0. The summed E-state index contributed by atoms with van der Waals surface area (Å²) in [6.45, 7) is 5.55. The molecule has 0 saturated carbocycles. The van der Waals surface area contributed by atoms with Crippen molar-refractivity contribution in [1.82, 2.24) is 14.6 Å². The number of rotatable bonds is 2. The van der Waals surface area contributed by atoms with E-state index in [2.05, 4.69) is 10.1 Å². The van der Waals surface area contributed by atoms with Gasteiger partial charge in [0.05, 0.1) is 16.3 Å². The van der Waals surface area contributed by atoms with Crippen molar-refractivity contribution in [2.45, 2.75) is 32.9 Å². The molecular formula is C17H15ClF3N3O. The van der Waals surface area contributed by atoms with Gasteiger partial charge in [0.15, 0.2) is 5.65 Å². The van der Waals surface area contributed by atoms with Crippen molar-refractivity contribution in [3.63, 3.8) is 0 Å². The van der Waals surface area contributed by atoms with Crippen LogP contribution >= 0.6 is 11.6 Å². The lowest BCUT2D eigenvalue weighted by Crippen LogP contribution is -2.22. The van der Waals surface area contributed by atoms with Crippen LogP contribution in [0.5, 0.6) is 0 Å². The van der Waals surface area contributed by atoms with Crippen LogP contribution in [-0.4, -0.2) is 14.6 Å². The smallest absolute Gasteiger partial charge is 0.289 e. The molecule has 0 radical (unpaired) electrons. The summed E-state index contributed by atoms with van der Waals surface area (Å²) in [5.41, 5.74) is 1.33. The monoisotopic (exact) mass is 369 g/mol. The van der Waals surface area contributed by atoms with E-state index in [0.717, 1.165) is 12.1 Å². The van der Waals surface area contributed by atoms with E-state index in [1.165, 1.54) is 10.6 Å². The predicted octanol–water partition coefficient (Wildman–Crippen LogP) is 4.79. The van der Waals surface area contributed by atoms with Gasteiger partial charge in [-0.2, -0.15) is 13.2 Å². The predicted molar refractivity (Wildman–Crippen MR) is 90.1 cm³/mol. The average molecular weight is 370 g/mol. The number of hydrogen-bond donors (Lipinski definition) is 1. The summed E-state index contributed by atoms with van der Waals surface area (Å²) in [7, 11) is 0. The number of benzene rings is 1. The fourth-order valence-corrected chi connectivity index (χ4v) is 3.14. The van der Waals surface area contributed by atoms with Gasteiger partial charge in [-0.15, -0.1) is 0 Å². The fourth-order valence-electron chi connectivity index (χ4n) is 2.86. The molecule has 0 unspecified atom stereocenters. The minimum atomic E-state index is -4.47. The van der Waals surface area contributed by atoms with Gasteiger partial charge in [-0.25, -0.2) is 9.50 Å². The Balaban J connectivity index is 2.18. The molecule has 0 saturated heterocycles. The van der Waals surface area contributed by atoms with Gasteiger partial charge < -0.3 is 0 Å². The number of fused-ring (bicyclic) bond motifs is 1. The van der Waals surface area contributed by atoms with Crippen LogP contribution in [0.3, 0.4) is 0 Å². The zero-order valence-corrected chi connectivity index (χ0v) is 14.5. The lowest BCUT2D eigenvalue weighted by molar-refractivity contribution is -0.137. The first-order valence-corrected chi connectivity index (χ1v) is 7.96. The molecule has 0 fully saturated rings. The van der Waals surface area contributed by atoms with E-state index in [1.807, 2.05) is 13.8 Å². The van der Waals surface area contributed by atoms with Gasteiger partial charge in [-0.05, 0) is 25.0 Å². The van der Waals surface area contributed by atoms with Gasteiger partial charge in [0.1, 0.15) is 0 Å². The van der Waals surface area contributed by atoms with Crippen molar-refractivity contribution in [2.75, 3.05) is 0 Å². The molecule has 2 heterocycles. The summed E-state index contributed by atoms with van der Waals surface area (Å²) in [6.07, 6.45) is -4.47. The number of aromatic amines is 1. The summed E-state index contributed by atoms with van der Waals surface area (Å²) in [6, 6.07) is 4.68. The van der Waals surface area contributed by atoms with E-state index in [1.54, 1.807) is 13.0 Å². The average Bonchev–Trinajstić information content (AvgIpc) is 2.89. The number of aryl methyl sites for hydroxylation is 1. The summed E-state index contributed by atoms with van der Waals surface area (Å²) >= 11 is 6.02. The second-order valence-electron chi connectivity index (χ2n) is 6.13.